The Labute approximate surface area is 209 Å². The molecule has 0 spiro atoms. The zero-order chi connectivity index (χ0) is 25.1. The SMILES string of the molecule is O=C(COC(=O)[C@@H](Cc1ccccc1)NC(=O)c1ccco1)NC(=O)NC12CC3CC(CC(C3)C1)C2. The number of ether oxygens (including phenoxy) is 1. The van der Waals surface area contributed by atoms with Gasteiger partial charge in [0.15, 0.2) is 12.4 Å². The van der Waals surface area contributed by atoms with Crippen LogP contribution >= 0.6 is 0 Å². The second kappa shape index (κ2) is 10.2. The van der Waals surface area contributed by atoms with Gasteiger partial charge in [0.2, 0.25) is 0 Å². The average Bonchev–Trinajstić information content (AvgIpc) is 3.37. The van der Waals surface area contributed by atoms with Crippen LogP contribution < -0.4 is 16.0 Å². The van der Waals surface area contributed by atoms with Gasteiger partial charge in [0, 0.05) is 12.0 Å². The van der Waals surface area contributed by atoms with Crippen molar-refractivity contribution in [2.24, 2.45) is 17.8 Å². The maximum Gasteiger partial charge on any atom is 0.329 e. The van der Waals surface area contributed by atoms with E-state index in [1.807, 2.05) is 30.3 Å². The summed E-state index contributed by atoms with van der Waals surface area (Å²) >= 11 is 0. The van der Waals surface area contributed by atoms with Crippen LogP contribution in [0.25, 0.3) is 0 Å². The maximum atomic E-state index is 12.8. The summed E-state index contributed by atoms with van der Waals surface area (Å²) < 4.78 is 10.3. The zero-order valence-electron chi connectivity index (χ0n) is 20.0. The summed E-state index contributed by atoms with van der Waals surface area (Å²) in [5.74, 6) is -0.0440. The molecule has 4 fully saturated rings. The lowest BCUT2D eigenvalue weighted by Gasteiger charge is -2.56. The van der Waals surface area contributed by atoms with Crippen LogP contribution in [0, 0.1) is 17.8 Å². The number of hydrogen-bond donors (Lipinski definition) is 3. The molecule has 4 bridgehead atoms. The smallest absolute Gasteiger partial charge is 0.329 e. The van der Waals surface area contributed by atoms with Gasteiger partial charge in [0.25, 0.3) is 11.8 Å². The van der Waals surface area contributed by atoms with Gasteiger partial charge < -0.3 is 19.8 Å². The van der Waals surface area contributed by atoms with Crippen LogP contribution in [0.4, 0.5) is 4.79 Å². The van der Waals surface area contributed by atoms with Gasteiger partial charge in [-0.2, -0.15) is 0 Å². The molecule has 4 amide bonds. The third-order valence-corrected chi connectivity index (χ3v) is 7.63. The van der Waals surface area contributed by atoms with Gasteiger partial charge in [-0.25, -0.2) is 9.59 Å². The van der Waals surface area contributed by atoms with Crippen molar-refractivity contribution in [3.8, 4) is 0 Å². The van der Waals surface area contributed by atoms with Crippen LogP contribution in [0.15, 0.2) is 53.1 Å². The zero-order valence-corrected chi connectivity index (χ0v) is 20.0. The highest BCUT2D eigenvalue weighted by Gasteiger charge is 2.51. The number of nitrogens with one attached hydrogen (secondary N) is 3. The van der Waals surface area contributed by atoms with E-state index in [-0.39, 0.29) is 17.7 Å². The molecule has 0 unspecified atom stereocenters. The van der Waals surface area contributed by atoms with E-state index in [0.717, 1.165) is 24.8 Å². The summed E-state index contributed by atoms with van der Waals surface area (Å²) in [6.07, 6.45) is 8.16. The highest BCUT2D eigenvalue weighted by molar-refractivity contribution is 5.97. The Hall–Kier alpha value is -3.62. The fraction of sp³-hybridized carbons (Fsp3) is 0.481. The third-order valence-electron chi connectivity index (χ3n) is 7.63. The van der Waals surface area contributed by atoms with Crippen LogP contribution in [0.3, 0.4) is 0 Å². The normalized spacial score (nSPS) is 26.6. The monoisotopic (exact) mass is 493 g/mol. The number of rotatable bonds is 8. The van der Waals surface area contributed by atoms with Crippen molar-refractivity contribution in [2.75, 3.05) is 6.61 Å². The van der Waals surface area contributed by atoms with E-state index >= 15 is 0 Å². The largest absolute Gasteiger partial charge is 0.459 e. The van der Waals surface area contributed by atoms with E-state index < -0.39 is 36.5 Å². The van der Waals surface area contributed by atoms with Gasteiger partial charge in [0.1, 0.15) is 6.04 Å². The number of carbonyl (C=O) groups is 4. The number of amides is 4. The summed E-state index contributed by atoms with van der Waals surface area (Å²) in [5, 5.41) is 7.95. The number of benzene rings is 1. The molecule has 4 saturated carbocycles. The van der Waals surface area contributed by atoms with Crippen molar-refractivity contribution in [1.29, 1.82) is 0 Å². The molecule has 4 aliphatic rings. The first-order chi connectivity index (χ1) is 17.4. The molecular weight excluding hydrogens is 462 g/mol. The molecule has 0 aliphatic heterocycles. The Morgan fingerprint density at radius 3 is 2.22 bits per heavy atom. The average molecular weight is 494 g/mol. The molecule has 190 valence electrons. The van der Waals surface area contributed by atoms with Crippen molar-refractivity contribution in [3.05, 3.63) is 60.1 Å². The van der Waals surface area contributed by atoms with Gasteiger partial charge in [-0.15, -0.1) is 0 Å². The summed E-state index contributed by atoms with van der Waals surface area (Å²) in [7, 11) is 0. The molecule has 1 heterocycles. The second-order valence-corrected chi connectivity index (χ2v) is 10.5. The van der Waals surface area contributed by atoms with Crippen molar-refractivity contribution in [3.63, 3.8) is 0 Å². The number of imide groups is 1. The molecule has 1 aromatic heterocycles. The van der Waals surface area contributed by atoms with Crippen LogP contribution in [0.1, 0.15) is 54.6 Å². The standard InChI is InChI=1S/C27H31N3O6/c31-23(29-26(34)30-27-13-18-9-19(14-27)11-20(10-18)15-27)16-36-25(33)21(12-17-5-2-1-3-6-17)28-24(32)22-7-4-8-35-22/h1-8,18-21H,9-16H2,(H,28,32)(H2,29,30,31,34)/t18?,19?,20?,21-,27?/m1/s1. The molecule has 9 heteroatoms. The fourth-order valence-corrected chi connectivity index (χ4v) is 6.62. The van der Waals surface area contributed by atoms with Crippen molar-refractivity contribution >= 4 is 23.8 Å². The molecular formula is C27H31N3O6. The lowest BCUT2D eigenvalue weighted by atomic mass is 9.53. The Morgan fingerprint density at radius 2 is 1.61 bits per heavy atom. The van der Waals surface area contributed by atoms with Crippen LogP contribution in [-0.4, -0.2) is 42.0 Å². The molecule has 1 aromatic carbocycles. The molecule has 3 N–H and O–H groups in total. The van der Waals surface area contributed by atoms with Gasteiger partial charge >= 0.3 is 12.0 Å². The van der Waals surface area contributed by atoms with Gasteiger partial charge in [0.05, 0.1) is 6.26 Å². The quantitative estimate of drug-likeness (QED) is 0.486. The number of esters is 1. The number of urea groups is 1. The molecule has 6 rings (SSSR count). The van der Waals surface area contributed by atoms with Crippen LogP contribution in [0.2, 0.25) is 0 Å². The minimum atomic E-state index is -1.04. The highest BCUT2D eigenvalue weighted by atomic mass is 16.5. The Bertz CT molecular complexity index is 1080. The number of carbonyl (C=O) groups excluding carboxylic acids is 4. The number of hydrogen-bond acceptors (Lipinski definition) is 6. The molecule has 1 atom stereocenters. The predicted molar refractivity (Wildman–Crippen MR) is 129 cm³/mol. The lowest BCUT2D eigenvalue weighted by molar-refractivity contribution is -0.150. The Morgan fingerprint density at radius 1 is 0.944 bits per heavy atom. The van der Waals surface area contributed by atoms with Crippen LogP contribution in [0.5, 0.6) is 0 Å². The summed E-state index contributed by atoms with van der Waals surface area (Å²) in [6, 6.07) is 10.6. The van der Waals surface area contributed by atoms with Crippen molar-refractivity contribution in [2.45, 2.75) is 56.5 Å². The Balaban J connectivity index is 1.14. The van der Waals surface area contributed by atoms with E-state index in [9.17, 15) is 19.2 Å². The first-order valence-electron chi connectivity index (χ1n) is 12.5. The summed E-state index contributed by atoms with van der Waals surface area (Å²) in [5.41, 5.74) is 0.575. The molecule has 9 nitrogen and oxygen atoms in total. The first kappa shape index (κ1) is 24.1. The van der Waals surface area contributed by atoms with Crippen molar-refractivity contribution < 1.29 is 28.3 Å². The van der Waals surface area contributed by atoms with E-state index in [0.29, 0.717) is 17.8 Å². The summed E-state index contributed by atoms with van der Waals surface area (Å²) in [6.45, 7) is -0.630. The molecule has 36 heavy (non-hydrogen) atoms. The first-order valence-corrected chi connectivity index (χ1v) is 12.5. The van der Waals surface area contributed by atoms with E-state index in [1.54, 1.807) is 6.07 Å². The highest BCUT2D eigenvalue weighted by Crippen LogP contribution is 2.55. The molecule has 0 saturated heterocycles. The molecule has 2 aromatic rings. The van der Waals surface area contributed by atoms with E-state index in [4.69, 9.17) is 9.15 Å². The number of furan rings is 1. The molecule has 0 radical (unpaired) electrons. The van der Waals surface area contributed by atoms with Crippen molar-refractivity contribution in [1.82, 2.24) is 16.0 Å². The minimum absolute atomic E-state index is 0.0555. The minimum Gasteiger partial charge on any atom is -0.459 e. The van der Waals surface area contributed by atoms with E-state index in [1.165, 1.54) is 31.6 Å². The fourth-order valence-electron chi connectivity index (χ4n) is 6.62. The second-order valence-electron chi connectivity index (χ2n) is 10.5. The summed E-state index contributed by atoms with van der Waals surface area (Å²) in [4.78, 5) is 50.2. The molecule has 4 aliphatic carbocycles. The van der Waals surface area contributed by atoms with Crippen LogP contribution in [-0.2, 0) is 20.7 Å². The topological polar surface area (TPSA) is 127 Å². The van der Waals surface area contributed by atoms with E-state index in [2.05, 4.69) is 16.0 Å². The Kier molecular flexibility index (Phi) is 6.80. The third kappa shape index (κ3) is 5.61. The predicted octanol–water partition coefficient (Wildman–Crippen LogP) is 2.96. The van der Waals surface area contributed by atoms with Gasteiger partial charge in [-0.05, 0) is 74.0 Å². The van der Waals surface area contributed by atoms with Gasteiger partial charge in [-0.1, -0.05) is 30.3 Å². The lowest BCUT2D eigenvalue weighted by Crippen LogP contribution is -2.62. The maximum absolute atomic E-state index is 12.8. The van der Waals surface area contributed by atoms with Gasteiger partial charge in [-0.3, -0.25) is 14.9 Å².